The lowest BCUT2D eigenvalue weighted by Crippen LogP contribution is -2.47. The molecular formula is C44H46ClFN4O7S. The van der Waals surface area contributed by atoms with Crippen LogP contribution in [0.4, 0.5) is 14.9 Å². The largest absolute Gasteiger partial charge is 0.457 e. The molecule has 58 heavy (non-hydrogen) atoms. The van der Waals surface area contributed by atoms with E-state index >= 15 is 0 Å². The van der Waals surface area contributed by atoms with Gasteiger partial charge in [0.25, 0.3) is 10.0 Å². The maximum absolute atomic E-state index is 14.4. The van der Waals surface area contributed by atoms with E-state index < -0.39 is 57.4 Å². The van der Waals surface area contributed by atoms with E-state index in [0.717, 1.165) is 0 Å². The monoisotopic (exact) mass is 828 g/mol. The van der Waals surface area contributed by atoms with Crippen LogP contribution in [0.5, 0.6) is 11.5 Å². The third-order valence-corrected chi connectivity index (χ3v) is 10.5. The normalized spacial score (nSPS) is 13.1. The Hall–Kier alpha value is -5.76. The van der Waals surface area contributed by atoms with Crippen molar-refractivity contribution in [2.45, 2.75) is 76.1 Å². The number of nitrogens with one attached hydrogen (secondary N) is 4. The number of carbonyl (C=O) groups excluding carboxylic acids is 3. The highest BCUT2D eigenvalue weighted by molar-refractivity contribution is 7.92. The molecular weight excluding hydrogens is 783 g/mol. The van der Waals surface area contributed by atoms with E-state index in [1.807, 2.05) is 6.07 Å². The number of amides is 3. The Morgan fingerprint density at radius 3 is 2.17 bits per heavy atom. The van der Waals surface area contributed by atoms with Crippen molar-refractivity contribution >= 4 is 45.2 Å². The number of halogens is 2. The number of rotatable bonds is 15. The van der Waals surface area contributed by atoms with E-state index in [1.165, 1.54) is 30.3 Å². The van der Waals surface area contributed by atoms with Crippen LogP contribution >= 0.6 is 11.6 Å². The van der Waals surface area contributed by atoms with E-state index in [-0.39, 0.29) is 22.9 Å². The van der Waals surface area contributed by atoms with Gasteiger partial charge in [-0.25, -0.2) is 17.6 Å². The molecule has 5 rings (SSSR count). The van der Waals surface area contributed by atoms with Crippen LogP contribution in [-0.2, 0) is 30.9 Å². The Labute approximate surface area is 343 Å². The quantitative estimate of drug-likeness (QED) is 0.0817. The van der Waals surface area contributed by atoms with Crippen LogP contribution in [0.15, 0.2) is 126 Å². The number of imide groups is 1. The van der Waals surface area contributed by atoms with Crippen LogP contribution < -0.4 is 25.4 Å². The molecule has 0 radical (unpaired) electrons. The Bertz CT molecular complexity index is 2340. The molecule has 14 heteroatoms. The van der Waals surface area contributed by atoms with Crippen molar-refractivity contribution in [1.29, 1.82) is 0 Å². The van der Waals surface area contributed by atoms with Crippen LogP contribution in [-0.4, -0.2) is 38.0 Å². The summed E-state index contributed by atoms with van der Waals surface area (Å²) in [4.78, 5) is 40.6. The van der Waals surface area contributed by atoms with Gasteiger partial charge in [0.05, 0.1) is 22.9 Å². The lowest BCUT2D eigenvalue weighted by molar-refractivity contribution is -0.132. The topological polar surface area (TPSA) is 152 Å². The fourth-order valence-electron chi connectivity index (χ4n) is 5.98. The van der Waals surface area contributed by atoms with Crippen LogP contribution in [0.1, 0.15) is 75.3 Å². The number of ether oxygens (including phenoxy) is 2. The maximum atomic E-state index is 14.4. The molecule has 0 heterocycles. The first-order chi connectivity index (χ1) is 27.5. The van der Waals surface area contributed by atoms with E-state index in [4.69, 9.17) is 21.1 Å². The zero-order valence-corrected chi connectivity index (χ0v) is 34.3. The molecule has 0 aliphatic carbocycles. The molecule has 304 valence electrons. The molecule has 2 unspecified atom stereocenters. The first-order valence-corrected chi connectivity index (χ1v) is 20.4. The Kier molecular flexibility index (Phi) is 14.3. The standard InChI is InChI=1S/C44H46ClFN4O7S/c1-6-38(47-27-31-13-10-11-18-37(31)46)41(51)49-42(52)40(29-19-22-33(23-20-29)50-58(54,55)35-16-8-7-9-17-35)36-24-21-32(45)26-39(36)56-34-15-12-14-30(25-34)28(2)48-43(53)57-44(3,4)5/h7-26,28,38,40,47,50H,6,27H2,1-5H3,(H,48,53)(H,49,51,52)/t28-,38?,40?/m0/s1. The highest BCUT2D eigenvalue weighted by Gasteiger charge is 2.30. The van der Waals surface area contributed by atoms with Gasteiger partial charge >= 0.3 is 6.09 Å². The van der Waals surface area contributed by atoms with E-state index in [9.17, 15) is 27.2 Å². The average Bonchev–Trinajstić information content (AvgIpc) is 3.17. The average molecular weight is 829 g/mol. The predicted molar refractivity (Wildman–Crippen MR) is 222 cm³/mol. The zero-order chi connectivity index (χ0) is 42.0. The second-order valence-electron chi connectivity index (χ2n) is 14.5. The molecule has 0 aromatic heterocycles. The van der Waals surface area contributed by atoms with Crippen LogP contribution in [0.2, 0.25) is 5.02 Å². The van der Waals surface area contributed by atoms with Gasteiger partial charge in [-0.05, 0) is 99.8 Å². The molecule has 11 nitrogen and oxygen atoms in total. The number of benzene rings is 5. The smallest absolute Gasteiger partial charge is 0.408 e. The summed E-state index contributed by atoms with van der Waals surface area (Å²) >= 11 is 6.48. The van der Waals surface area contributed by atoms with Crippen molar-refractivity contribution in [3.63, 3.8) is 0 Å². The van der Waals surface area contributed by atoms with Gasteiger partial charge in [-0.15, -0.1) is 0 Å². The molecule has 0 spiro atoms. The minimum absolute atomic E-state index is 0.0523. The van der Waals surface area contributed by atoms with Gasteiger partial charge in [-0.1, -0.05) is 85.3 Å². The third kappa shape index (κ3) is 11.9. The summed E-state index contributed by atoms with van der Waals surface area (Å²) in [6.45, 7) is 8.92. The molecule has 0 bridgehead atoms. The summed E-state index contributed by atoms with van der Waals surface area (Å²) in [6.07, 6.45) is -0.292. The number of anilines is 1. The van der Waals surface area contributed by atoms with Crippen molar-refractivity contribution in [3.05, 3.63) is 154 Å². The predicted octanol–water partition coefficient (Wildman–Crippen LogP) is 9.00. The highest BCUT2D eigenvalue weighted by Crippen LogP contribution is 2.38. The molecule has 0 fully saturated rings. The maximum Gasteiger partial charge on any atom is 0.408 e. The summed E-state index contributed by atoms with van der Waals surface area (Å²) in [5, 5.41) is 8.68. The number of sulfonamides is 1. The summed E-state index contributed by atoms with van der Waals surface area (Å²) in [6, 6.07) is 30.7. The second kappa shape index (κ2) is 19.1. The Balaban J connectivity index is 1.46. The van der Waals surface area contributed by atoms with Gasteiger partial charge in [0.2, 0.25) is 11.8 Å². The van der Waals surface area contributed by atoms with Crippen molar-refractivity contribution in [1.82, 2.24) is 16.0 Å². The molecule has 0 saturated carbocycles. The minimum atomic E-state index is -3.91. The fraction of sp³-hybridized carbons (Fsp3) is 0.250. The first kappa shape index (κ1) is 43.4. The molecule has 3 amide bonds. The van der Waals surface area contributed by atoms with Crippen molar-refractivity contribution in [2.24, 2.45) is 0 Å². The molecule has 0 aliphatic rings. The molecule has 0 saturated heterocycles. The molecule has 0 aliphatic heterocycles. The van der Waals surface area contributed by atoms with Gasteiger partial charge in [-0.2, -0.15) is 0 Å². The van der Waals surface area contributed by atoms with E-state index in [0.29, 0.717) is 39.4 Å². The van der Waals surface area contributed by atoms with Crippen LogP contribution in [0.25, 0.3) is 0 Å². The van der Waals surface area contributed by atoms with Gasteiger partial charge < -0.3 is 20.1 Å². The summed E-state index contributed by atoms with van der Waals surface area (Å²) in [5.41, 5.74) is 1.36. The van der Waals surface area contributed by atoms with Crippen LogP contribution in [0.3, 0.4) is 0 Å². The first-order valence-electron chi connectivity index (χ1n) is 18.6. The van der Waals surface area contributed by atoms with Crippen molar-refractivity contribution < 1.29 is 36.7 Å². The molecule has 4 N–H and O–H groups in total. The Morgan fingerprint density at radius 2 is 1.50 bits per heavy atom. The summed E-state index contributed by atoms with van der Waals surface area (Å²) < 4.78 is 54.8. The van der Waals surface area contributed by atoms with Gasteiger partial charge in [0.1, 0.15) is 22.9 Å². The summed E-state index contributed by atoms with van der Waals surface area (Å²) in [5.74, 6) is -2.37. The van der Waals surface area contributed by atoms with Crippen molar-refractivity contribution in [2.75, 3.05) is 4.72 Å². The second-order valence-corrected chi connectivity index (χ2v) is 16.6. The molecule has 5 aromatic carbocycles. The lowest BCUT2D eigenvalue weighted by Gasteiger charge is -2.23. The number of hydrogen-bond donors (Lipinski definition) is 4. The zero-order valence-electron chi connectivity index (χ0n) is 32.7. The minimum Gasteiger partial charge on any atom is -0.457 e. The SMILES string of the molecule is CCC(NCc1ccccc1F)C(=O)NC(=O)C(c1ccc(NS(=O)(=O)c2ccccc2)cc1)c1ccc(Cl)cc1Oc1cccc([C@H](C)NC(=O)OC(C)(C)C)c1. The fourth-order valence-corrected chi connectivity index (χ4v) is 7.23. The summed E-state index contributed by atoms with van der Waals surface area (Å²) in [7, 11) is -3.91. The number of alkyl carbamates (subject to hydrolysis) is 1. The molecule has 5 aromatic rings. The molecule has 3 atom stereocenters. The van der Waals surface area contributed by atoms with Crippen molar-refractivity contribution in [3.8, 4) is 11.5 Å². The number of hydrogen-bond acceptors (Lipinski definition) is 8. The highest BCUT2D eigenvalue weighted by atomic mass is 35.5. The van der Waals surface area contributed by atoms with Gasteiger partial charge in [0.15, 0.2) is 0 Å². The lowest BCUT2D eigenvalue weighted by atomic mass is 9.89. The van der Waals surface area contributed by atoms with E-state index in [1.54, 1.807) is 120 Å². The Morgan fingerprint density at radius 1 is 0.810 bits per heavy atom. The van der Waals surface area contributed by atoms with Crippen LogP contribution in [0, 0.1) is 5.82 Å². The number of carbonyl (C=O) groups is 3. The van der Waals surface area contributed by atoms with Gasteiger partial charge in [0, 0.05) is 28.4 Å². The third-order valence-electron chi connectivity index (χ3n) is 8.89. The van der Waals surface area contributed by atoms with Gasteiger partial charge in [-0.3, -0.25) is 19.6 Å². The van der Waals surface area contributed by atoms with E-state index in [2.05, 4.69) is 20.7 Å².